The fourth-order valence-corrected chi connectivity index (χ4v) is 1.35. The minimum Gasteiger partial charge on any atom is -0.382 e. The van der Waals surface area contributed by atoms with E-state index >= 15 is 0 Å². The molecule has 0 bridgehead atoms. The lowest BCUT2D eigenvalue weighted by molar-refractivity contribution is 0.463. The molecule has 0 fully saturated rings. The molecule has 0 spiro atoms. The number of rotatable bonds is 4. The number of anilines is 1. The standard InChI is InChI=1S/C12H21N5/c1-6-12(3,4)17(5)11-15-8(2)7-9(16-11)10(13)14/h7H,6H2,1-5H3,(H3,13,14). The lowest BCUT2D eigenvalue weighted by Gasteiger charge is -2.35. The van der Waals surface area contributed by atoms with Crippen molar-refractivity contribution in [3.05, 3.63) is 17.5 Å². The van der Waals surface area contributed by atoms with Crippen molar-refractivity contribution in [2.75, 3.05) is 11.9 Å². The lowest BCUT2D eigenvalue weighted by atomic mass is 10.0. The van der Waals surface area contributed by atoms with Crippen molar-refractivity contribution in [3.63, 3.8) is 0 Å². The smallest absolute Gasteiger partial charge is 0.226 e. The van der Waals surface area contributed by atoms with E-state index < -0.39 is 0 Å². The van der Waals surface area contributed by atoms with E-state index in [1.54, 1.807) is 6.07 Å². The summed E-state index contributed by atoms with van der Waals surface area (Å²) in [5.74, 6) is 0.585. The molecular formula is C12H21N5. The predicted molar refractivity (Wildman–Crippen MR) is 70.6 cm³/mol. The van der Waals surface area contributed by atoms with Gasteiger partial charge < -0.3 is 10.6 Å². The molecule has 5 nitrogen and oxygen atoms in total. The summed E-state index contributed by atoms with van der Waals surface area (Å²) in [5.41, 5.74) is 6.74. The van der Waals surface area contributed by atoms with Crippen LogP contribution in [-0.2, 0) is 0 Å². The molecule has 3 N–H and O–H groups in total. The molecule has 1 aromatic rings. The van der Waals surface area contributed by atoms with Crippen LogP contribution in [0.2, 0.25) is 0 Å². The summed E-state index contributed by atoms with van der Waals surface area (Å²) >= 11 is 0. The second-order valence-corrected chi connectivity index (χ2v) is 4.83. The quantitative estimate of drug-likeness (QED) is 0.615. The Morgan fingerprint density at radius 1 is 1.47 bits per heavy atom. The highest BCUT2D eigenvalue weighted by atomic mass is 15.3. The molecule has 0 aliphatic rings. The molecule has 0 aliphatic carbocycles. The van der Waals surface area contributed by atoms with E-state index in [-0.39, 0.29) is 11.4 Å². The van der Waals surface area contributed by atoms with E-state index in [9.17, 15) is 0 Å². The van der Waals surface area contributed by atoms with Crippen LogP contribution in [0.3, 0.4) is 0 Å². The van der Waals surface area contributed by atoms with Crippen LogP contribution in [-0.4, -0.2) is 28.4 Å². The highest BCUT2D eigenvalue weighted by Gasteiger charge is 2.24. The van der Waals surface area contributed by atoms with Crippen molar-refractivity contribution in [1.29, 1.82) is 5.41 Å². The van der Waals surface area contributed by atoms with Crippen molar-refractivity contribution in [1.82, 2.24) is 9.97 Å². The Balaban J connectivity index is 3.18. The van der Waals surface area contributed by atoms with Gasteiger partial charge in [0.1, 0.15) is 11.5 Å². The van der Waals surface area contributed by atoms with E-state index in [2.05, 4.69) is 30.7 Å². The van der Waals surface area contributed by atoms with Crippen LogP contribution in [0.1, 0.15) is 38.6 Å². The summed E-state index contributed by atoms with van der Waals surface area (Å²) in [6.07, 6.45) is 0.982. The van der Waals surface area contributed by atoms with Crippen LogP contribution in [0.4, 0.5) is 5.95 Å². The number of aromatic nitrogens is 2. The number of amidine groups is 1. The monoisotopic (exact) mass is 235 g/mol. The van der Waals surface area contributed by atoms with E-state index in [0.29, 0.717) is 11.6 Å². The van der Waals surface area contributed by atoms with Crippen LogP contribution in [0, 0.1) is 12.3 Å². The Kier molecular flexibility index (Phi) is 3.70. The average Bonchev–Trinajstić information content (AvgIpc) is 2.27. The maximum atomic E-state index is 7.44. The minimum atomic E-state index is -0.0283. The fourth-order valence-electron chi connectivity index (χ4n) is 1.35. The number of hydrogen-bond acceptors (Lipinski definition) is 4. The van der Waals surface area contributed by atoms with Gasteiger partial charge in [0.25, 0.3) is 0 Å². The Morgan fingerprint density at radius 2 is 2.06 bits per heavy atom. The molecule has 0 radical (unpaired) electrons. The SMILES string of the molecule is CCC(C)(C)N(C)c1nc(C)cc(C(=N)N)n1. The fraction of sp³-hybridized carbons (Fsp3) is 0.583. The van der Waals surface area contributed by atoms with Gasteiger partial charge in [-0.3, -0.25) is 5.41 Å². The Morgan fingerprint density at radius 3 is 2.53 bits per heavy atom. The second kappa shape index (κ2) is 4.69. The van der Waals surface area contributed by atoms with Crippen LogP contribution in [0.15, 0.2) is 6.07 Å². The Hall–Kier alpha value is -1.65. The van der Waals surface area contributed by atoms with Crippen molar-refractivity contribution >= 4 is 11.8 Å². The molecule has 0 aliphatic heterocycles. The van der Waals surface area contributed by atoms with Gasteiger partial charge in [0, 0.05) is 18.3 Å². The van der Waals surface area contributed by atoms with Gasteiger partial charge in [-0.2, -0.15) is 0 Å². The largest absolute Gasteiger partial charge is 0.382 e. The van der Waals surface area contributed by atoms with Gasteiger partial charge >= 0.3 is 0 Å². The number of hydrogen-bond donors (Lipinski definition) is 2. The predicted octanol–water partition coefficient (Wildman–Crippen LogP) is 1.69. The number of nitrogens with one attached hydrogen (secondary N) is 1. The first-order valence-corrected chi connectivity index (χ1v) is 5.72. The highest BCUT2D eigenvalue weighted by Crippen LogP contribution is 2.21. The molecule has 0 saturated heterocycles. The van der Waals surface area contributed by atoms with E-state index in [1.165, 1.54) is 0 Å². The molecule has 5 heteroatoms. The van der Waals surface area contributed by atoms with Gasteiger partial charge in [0.2, 0.25) is 5.95 Å². The Labute approximate surface area is 103 Å². The van der Waals surface area contributed by atoms with Crippen LogP contribution in [0.5, 0.6) is 0 Å². The summed E-state index contributed by atoms with van der Waals surface area (Å²) in [5, 5.41) is 7.44. The third-order valence-electron chi connectivity index (χ3n) is 3.19. The molecule has 0 unspecified atom stereocenters. The lowest BCUT2D eigenvalue weighted by Crippen LogP contribution is -2.42. The molecule has 1 aromatic heterocycles. The zero-order valence-corrected chi connectivity index (χ0v) is 11.2. The number of aryl methyl sites for hydroxylation is 1. The van der Waals surface area contributed by atoms with Crippen LogP contribution in [0.25, 0.3) is 0 Å². The third kappa shape index (κ3) is 2.93. The molecule has 17 heavy (non-hydrogen) atoms. The molecule has 0 saturated carbocycles. The number of nitrogens with two attached hydrogens (primary N) is 1. The average molecular weight is 235 g/mol. The zero-order valence-electron chi connectivity index (χ0n) is 11.2. The van der Waals surface area contributed by atoms with E-state index in [1.807, 2.05) is 18.9 Å². The molecular weight excluding hydrogens is 214 g/mol. The van der Waals surface area contributed by atoms with Crippen molar-refractivity contribution in [2.45, 2.75) is 39.7 Å². The summed E-state index contributed by atoms with van der Waals surface area (Å²) in [6.45, 7) is 8.26. The first kappa shape index (κ1) is 13.4. The normalized spacial score (nSPS) is 11.4. The van der Waals surface area contributed by atoms with E-state index in [4.69, 9.17) is 11.1 Å². The molecule has 1 rings (SSSR count). The first-order valence-electron chi connectivity index (χ1n) is 5.72. The first-order chi connectivity index (χ1) is 7.77. The maximum Gasteiger partial charge on any atom is 0.226 e. The summed E-state index contributed by atoms with van der Waals surface area (Å²) in [4.78, 5) is 10.7. The Bertz CT molecular complexity index is 425. The zero-order chi connectivity index (χ0) is 13.2. The van der Waals surface area contributed by atoms with Gasteiger partial charge in [-0.25, -0.2) is 9.97 Å². The topological polar surface area (TPSA) is 78.9 Å². The summed E-state index contributed by atoms with van der Waals surface area (Å²) in [6, 6.07) is 1.72. The van der Waals surface area contributed by atoms with Gasteiger partial charge in [0.05, 0.1) is 0 Å². The van der Waals surface area contributed by atoms with Gasteiger partial charge in [0.15, 0.2) is 0 Å². The molecule has 0 atom stereocenters. The second-order valence-electron chi connectivity index (χ2n) is 4.83. The molecule has 0 aromatic carbocycles. The van der Waals surface area contributed by atoms with Gasteiger partial charge in [-0.1, -0.05) is 6.92 Å². The van der Waals surface area contributed by atoms with Crippen LogP contribution < -0.4 is 10.6 Å². The molecule has 0 amide bonds. The summed E-state index contributed by atoms with van der Waals surface area (Å²) in [7, 11) is 1.96. The van der Waals surface area contributed by atoms with Gasteiger partial charge in [-0.05, 0) is 33.3 Å². The molecule has 1 heterocycles. The van der Waals surface area contributed by atoms with Gasteiger partial charge in [-0.15, -0.1) is 0 Å². The van der Waals surface area contributed by atoms with E-state index in [0.717, 1.165) is 12.1 Å². The van der Waals surface area contributed by atoms with Crippen molar-refractivity contribution in [2.24, 2.45) is 5.73 Å². The number of nitrogens with zero attached hydrogens (tertiary/aromatic N) is 3. The molecule has 94 valence electrons. The third-order valence-corrected chi connectivity index (χ3v) is 3.19. The minimum absolute atomic E-state index is 0.0259. The van der Waals surface area contributed by atoms with Crippen molar-refractivity contribution in [3.8, 4) is 0 Å². The maximum absolute atomic E-state index is 7.44. The summed E-state index contributed by atoms with van der Waals surface area (Å²) < 4.78 is 0. The number of nitrogen functional groups attached to an aromatic ring is 1. The van der Waals surface area contributed by atoms with Crippen LogP contribution >= 0.6 is 0 Å². The van der Waals surface area contributed by atoms with Crippen molar-refractivity contribution < 1.29 is 0 Å². The highest BCUT2D eigenvalue weighted by molar-refractivity contribution is 5.93.